The summed E-state index contributed by atoms with van der Waals surface area (Å²) in [4.78, 5) is 11.2. The highest BCUT2D eigenvalue weighted by molar-refractivity contribution is 5.69. The molecule has 0 unspecified atom stereocenters. The van der Waals surface area contributed by atoms with E-state index in [0.29, 0.717) is 6.42 Å². The van der Waals surface area contributed by atoms with Gasteiger partial charge in [-0.25, -0.2) is 0 Å². The van der Waals surface area contributed by atoms with Crippen LogP contribution in [0.5, 0.6) is 0 Å². The molecule has 1 aromatic carbocycles. The Morgan fingerprint density at radius 3 is 2.82 bits per heavy atom. The van der Waals surface area contributed by atoms with E-state index in [1.54, 1.807) is 0 Å². The zero-order valence-electron chi connectivity index (χ0n) is 10.1. The minimum atomic E-state index is -0.191. The number of benzene rings is 1. The molecule has 92 valence electrons. The summed E-state index contributed by atoms with van der Waals surface area (Å²) in [5.41, 5.74) is 1.20. The Morgan fingerprint density at radius 2 is 2.12 bits per heavy atom. The molecule has 0 saturated carbocycles. The van der Waals surface area contributed by atoms with E-state index in [0.717, 1.165) is 19.3 Å². The lowest BCUT2D eigenvalue weighted by molar-refractivity contribution is -0.147. The Morgan fingerprint density at radius 1 is 1.35 bits per heavy atom. The second kappa shape index (κ2) is 5.82. The molecule has 0 aromatic heterocycles. The maximum absolute atomic E-state index is 11.2. The first-order chi connectivity index (χ1) is 8.29. The lowest BCUT2D eigenvalue weighted by Crippen LogP contribution is -2.25. The summed E-state index contributed by atoms with van der Waals surface area (Å²) < 4.78 is 10.6. The molecule has 3 heteroatoms. The van der Waals surface area contributed by atoms with Crippen LogP contribution in [-0.2, 0) is 14.3 Å². The van der Waals surface area contributed by atoms with Gasteiger partial charge in [-0.15, -0.1) is 0 Å². The molecule has 1 fully saturated rings. The summed E-state index contributed by atoms with van der Waals surface area (Å²) in [6.45, 7) is 0. The standard InChI is InChI=1S/C14H18O3/c1-16-14(15)10-12-8-5-9-13(17-12)11-6-3-2-4-7-11/h2-4,6-7,12-13H,5,8-10H2,1H3/t12-,13+/m1/s1. The van der Waals surface area contributed by atoms with Crippen molar-refractivity contribution in [2.75, 3.05) is 7.11 Å². The zero-order chi connectivity index (χ0) is 12.1. The Hall–Kier alpha value is -1.35. The van der Waals surface area contributed by atoms with Crippen molar-refractivity contribution in [3.8, 4) is 0 Å². The summed E-state index contributed by atoms with van der Waals surface area (Å²) in [6, 6.07) is 10.2. The molecule has 1 aliphatic rings. The van der Waals surface area contributed by atoms with Gasteiger partial charge in [0.2, 0.25) is 0 Å². The quantitative estimate of drug-likeness (QED) is 0.754. The third-order valence-corrected chi connectivity index (χ3v) is 3.14. The van der Waals surface area contributed by atoms with Crippen LogP contribution in [0, 0.1) is 0 Å². The van der Waals surface area contributed by atoms with Crippen LogP contribution in [0.25, 0.3) is 0 Å². The van der Waals surface area contributed by atoms with Crippen LogP contribution in [0.15, 0.2) is 30.3 Å². The predicted octanol–water partition coefficient (Wildman–Crippen LogP) is 2.86. The van der Waals surface area contributed by atoms with E-state index in [1.165, 1.54) is 12.7 Å². The van der Waals surface area contributed by atoms with E-state index in [9.17, 15) is 4.79 Å². The summed E-state index contributed by atoms with van der Waals surface area (Å²) in [7, 11) is 1.42. The number of rotatable bonds is 3. The average Bonchev–Trinajstić information content (AvgIpc) is 2.40. The van der Waals surface area contributed by atoms with Gasteiger partial charge >= 0.3 is 5.97 Å². The van der Waals surface area contributed by atoms with E-state index in [-0.39, 0.29) is 18.2 Å². The molecule has 17 heavy (non-hydrogen) atoms. The molecule has 1 heterocycles. The highest BCUT2D eigenvalue weighted by Crippen LogP contribution is 2.32. The van der Waals surface area contributed by atoms with Crippen molar-refractivity contribution in [2.24, 2.45) is 0 Å². The first kappa shape index (κ1) is 12.1. The Kier molecular flexibility index (Phi) is 4.15. The number of hydrogen-bond donors (Lipinski definition) is 0. The summed E-state index contributed by atoms with van der Waals surface area (Å²) in [5, 5.41) is 0. The highest BCUT2D eigenvalue weighted by atomic mass is 16.5. The van der Waals surface area contributed by atoms with Crippen LogP contribution in [0.1, 0.15) is 37.4 Å². The lowest BCUT2D eigenvalue weighted by Gasteiger charge is -2.29. The summed E-state index contributed by atoms with van der Waals surface area (Å²) in [5.74, 6) is -0.191. The Balaban J connectivity index is 1.95. The van der Waals surface area contributed by atoms with Gasteiger partial charge in [-0.05, 0) is 24.8 Å². The largest absolute Gasteiger partial charge is 0.469 e. The third kappa shape index (κ3) is 3.30. The van der Waals surface area contributed by atoms with Gasteiger partial charge in [0.1, 0.15) is 0 Å². The fourth-order valence-electron chi connectivity index (χ4n) is 2.23. The molecule has 1 aromatic rings. The second-order valence-corrected chi connectivity index (χ2v) is 4.37. The molecule has 2 rings (SSSR count). The van der Waals surface area contributed by atoms with Crippen molar-refractivity contribution in [3.05, 3.63) is 35.9 Å². The lowest BCUT2D eigenvalue weighted by atomic mass is 9.97. The van der Waals surface area contributed by atoms with E-state index < -0.39 is 0 Å². The van der Waals surface area contributed by atoms with Gasteiger partial charge in [-0.1, -0.05) is 30.3 Å². The third-order valence-electron chi connectivity index (χ3n) is 3.14. The minimum Gasteiger partial charge on any atom is -0.469 e. The van der Waals surface area contributed by atoms with Crippen molar-refractivity contribution >= 4 is 5.97 Å². The molecule has 2 atom stereocenters. The number of hydrogen-bond acceptors (Lipinski definition) is 3. The molecule has 3 nitrogen and oxygen atoms in total. The molecule has 0 N–H and O–H groups in total. The molecular weight excluding hydrogens is 216 g/mol. The number of esters is 1. The number of ether oxygens (including phenoxy) is 2. The number of methoxy groups -OCH3 is 1. The van der Waals surface area contributed by atoms with Crippen LogP contribution in [-0.4, -0.2) is 19.2 Å². The monoisotopic (exact) mass is 234 g/mol. The van der Waals surface area contributed by atoms with E-state index in [2.05, 4.69) is 16.9 Å². The van der Waals surface area contributed by atoms with Gasteiger partial charge < -0.3 is 9.47 Å². The van der Waals surface area contributed by atoms with Gasteiger partial charge in [-0.2, -0.15) is 0 Å². The zero-order valence-corrected chi connectivity index (χ0v) is 10.1. The van der Waals surface area contributed by atoms with Crippen molar-refractivity contribution in [1.29, 1.82) is 0 Å². The van der Waals surface area contributed by atoms with Crippen LogP contribution >= 0.6 is 0 Å². The van der Waals surface area contributed by atoms with Gasteiger partial charge in [0.15, 0.2) is 0 Å². The Bertz CT molecular complexity index is 361. The fourth-order valence-corrected chi connectivity index (χ4v) is 2.23. The van der Waals surface area contributed by atoms with Gasteiger partial charge in [0.25, 0.3) is 0 Å². The fraction of sp³-hybridized carbons (Fsp3) is 0.500. The first-order valence-corrected chi connectivity index (χ1v) is 6.07. The Labute approximate surface area is 102 Å². The maximum atomic E-state index is 11.2. The van der Waals surface area contributed by atoms with Crippen molar-refractivity contribution in [2.45, 2.75) is 37.9 Å². The van der Waals surface area contributed by atoms with Crippen molar-refractivity contribution < 1.29 is 14.3 Å². The molecule has 0 bridgehead atoms. The molecule has 0 spiro atoms. The average molecular weight is 234 g/mol. The van der Waals surface area contributed by atoms with Crippen LogP contribution in [0.3, 0.4) is 0 Å². The number of carbonyl (C=O) groups excluding carboxylic acids is 1. The van der Waals surface area contributed by atoms with E-state index in [4.69, 9.17) is 4.74 Å². The van der Waals surface area contributed by atoms with Crippen LogP contribution in [0.4, 0.5) is 0 Å². The molecular formula is C14H18O3. The van der Waals surface area contributed by atoms with E-state index in [1.807, 2.05) is 18.2 Å². The maximum Gasteiger partial charge on any atom is 0.308 e. The van der Waals surface area contributed by atoms with Crippen molar-refractivity contribution in [3.63, 3.8) is 0 Å². The normalized spacial score (nSPS) is 24.3. The van der Waals surface area contributed by atoms with E-state index >= 15 is 0 Å². The summed E-state index contributed by atoms with van der Waals surface area (Å²) >= 11 is 0. The smallest absolute Gasteiger partial charge is 0.308 e. The van der Waals surface area contributed by atoms with Crippen LogP contribution < -0.4 is 0 Å². The minimum absolute atomic E-state index is 0.00130. The molecule has 0 amide bonds. The first-order valence-electron chi connectivity index (χ1n) is 6.07. The van der Waals surface area contributed by atoms with Gasteiger partial charge in [0.05, 0.1) is 25.7 Å². The molecule has 1 aliphatic heterocycles. The SMILES string of the molecule is COC(=O)C[C@H]1CCC[C@@H](c2ccccc2)O1. The van der Waals surface area contributed by atoms with Gasteiger partial charge in [-0.3, -0.25) is 4.79 Å². The molecule has 1 saturated heterocycles. The molecule has 0 radical (unpaired) electrons. The van der Waals surface area contributed by atoms with Gasteiger partial charge in [0, 0.05) is 0 Å². The topological polar surface area (TPSA) is 35.5 Å². The number of carbonyl (C=O) groups is 1. The molecule has 0 aliphatic carbocycles. The van der Waals surface area contributed by atoms with Crippen molar-refractivity contribution in [1.82, 2.24) is 0 Å². The highest BCUT2D eigenvalue weighted by Gasteiger charge is 2.25. The predicted molar refractivity (Wildman–Crippen MR) is 64.5 cm³/mol. The van der Waals surface area contributed by atoms with Crippen LogP contribution in [0.2, 0.25) is 0 Å². The summed E-state index contributed by atoms with van der Waals surface area (Å²) in [6.07, 6.45) is 3.56. The second-order valence-electron chi connectivity index (χ2n) is 4.37.